The van der Waals surface area contributed by atoms with Gasteiger partial charge in [-0.05, 0) is 37.6 Å². The molecule has 0 N–H and O–H groups in total. The molecule has 1 aromatic carbocycles. The van der Waals surface area contributed by atoms with E-state index in [0.29, 0.717) is 10.8 Å². The Morgan fingerprint density at radius 2 is 2.23 bits per heavy atom. The second kappa shape index (κ2) is 4.28. The molecule has 70 valence electrons. The molecule has 1 unspecified atom stereocenters. The summed E-state index contributed by atoms with van der Waals surface area (Å²) < 4.78 is 5.32. The van der Waals surface area contributed by atoms with E-state index in [-0.39, 0.29) is 0 Å². The standard InChI is InChI=1S/C10H11ClO2/c1-7-5-9(11)3-4-10(7)13-8(2)6-12/h3-6,8H,1-2H3. The van der Waals surface area contributed by atoms with Gasteiger partial charge >= 0.3 is 0 Å². The molecule has 0 aliphatic carbocycles. The van der Waals surface area contributed by atoms with Crippen LogP contribution in [0, 0.1) is 6.92 Å². The molecule has 0 bridgehead atoms. The SMILES string of the molecule is Cc1cc(Cl)ccc1OC(C)C=O. The van der Waals surface area contributed by atoms with Crippen LogP contribution < -0.4 is 4.74 Å². The van der Waals surface area contributed by atoms with Crippen LogP contribution >= 0.6 is 11.6 Å². The number of carbonyl (C=O) groups excluding carboxylic acids is 1. The van der Waals surface area contributed by atoms with Crippen molar-refractivity contribution in [3.63, 3.8) is 0 Å². The van der Waals surface area contributed by atoms with Crippen LogP contribution in [0.2, 0.25) is 5.02 Å². The summed E-state index contributed by atoms with van der Waals surface area (Å²) in [6.45, 7) is 3.58. The highest BCUT2D eigenvalue weighted by Crippen LogP contribution is 2.22. The van der Waals surface area contributed by atoms with Gasteiger partial charge in [0.1, 0.15) is 5.75 Å². The Morgan fingerprint density at radius 3 is 2.77 bits per heavy atom. The van der Waals surface area contributed by atoms with E-state index in [4.69, 9.17) is 16.3 Å². The third kappa shape index (κ3) is 2.74. The van der Waals surface area contributed by atoms with Crippen LogP contribution in [0.3, 0.4) is 0 Å². The average molecular weight is 199 g/mol. The van der Waals surface area contributed by atoms with Crippen molar-refractivity contribution in [2.45, 2.75) is 20.0 Å². The fraction of sp³-hybridized carbons (Fsp3) is 0.300. The highest BCUT2D eigenvalue weighted by Gasteiger charge is 2.04. The lowest BCUT2D eigenvalue weighted by Crippen LogP contribution is -2.13. The van der Waals surface area contributed by atoms with Gasteiger partial charge in [0.2, 0.25) is 0 Å². The van der Waals surface area contributed by atoms with Gasteiger partial charge in [-0.2, -0.15) is 0 Å². The molecule has 0 saturated carbocycles. The van der Waals surface area contributed by atoms with E-state index in [1.807, 2.05) is 6.92 Å². The van der Waals surface area contributed by atoms with Crippen LogP contribution in [0.5, 0.6) is 5.75 Å². The first kappa shape index (κ1) is 10.1. The number of rotatable bonds is 3. The predicted octanol–water partition coefficient (Wildman–Crippen LogP) is 2.61. The van der Waals surface area contributed by atoms with Crippen molar-refractivity contribution in [2.24, 2.45) is 0 Å². The summed E-state index contributed by atoms with van der Waals surface area (Å²) >= 11 is 5.76. The number of benzene rings is 1. The Balaban J connectivity index is 2.83. The van der Waals surface area contributed by atoms with E-state index in [9.17, 15) is 4.79 Å². The van der Waals surface area contributed by atoms with Crippen LogP contribution in [0.4, 0.5) is 0 Å². The summed E-state index contributed by atoms with van der Waals surface area (Å²) in [7, 11) is 0. The van der Waals surface area contributed by atoms with Crippen LogP contribution in [0.25, 0.3) is 0 Å². The molecule has 2 nitrogen and oxygen atoms in total. The summed E-state index contributed by atoms with van der Waals surface area (Å²) in [6.07, 6.45) is 0.341. The van der Waals surface area contributed by atoms with Gasteiger partial charge in [-0.1, -0.05) is 11.6 Å². The lowest BCUT2D eigenvalue weighted by atomic mass is 10.2. The largest absolute Gasteiger partial charge is 0.483 e. The summed E-state index contributed by atoms with van der Waals surface area (Å²) in [5.41, 5.74) is 0.932. The Bertz CT molecular complexity index is 310. The van der Waals surface area contributed by atoms with Gasteiger partial charge in [-0.3, -0.25) is 4.79 Å². The molecule has 0 aliphatic rings. The minimum Gasteiger partial charge on any atom is -0.483 e. The number of hydrogen-bond acceptors (Lipinski definition) is 2. The zero-order chi connectivity index (χ0) is 9.84. The Kier molecular flexibility index (Phi) is 3.32. The van der Waals surface area contributed by atoms with Gasteiger partial charge in [-0.15, -0.1) is 0 Å². The normalized spacial score (nSPS) is 12.2. The first-order chi connectivity index (χ1) is 6.13. The predicted molar refractivity (Wildman–Crippen MR) is 52.3 cm³/mol. The van der Waals surface area contributed by atoms with Crippen molar-refractivity contribution >= 4 is 17.9 Å². The third-order valence-corrected chi connectivity index (χ3v) is 1.88. The maximum absolute atomic E-state index is 10.3. The Labute approximate surface area is 82.5 Å². The smallest absolute Gasteiger partial charge is 0.160 e. The first-order valence-electron chi connectivity index (χ1n) is 4.01. The summed E-state index contributed by atoms with van der Waals surface area (Å²) in [5, 5.41) is 0.670. The van der Waals surface area contributed by atoms with Crippen LogP contribution in [0.1, 0.15) is 12.5 Å². The lowest BCUT2D eigenvalue weighted by Gasteiger charge is -2.10. The van der Waals surface area contributed by atoms with Crippen LogP contribution in [0.15, 0.2) is 18.2 Å². The summed E-state index contributed by atoms with van der Waals surface area (Å²) in [6, 6.07) is 5.30. The van der Waals surface area contributed by atoms with Crippen molar-refractivity contribution in [1.29, 1.82) is 0 Å². The molecule has 13 heavy (non-hydrogen) atoms. The van der Waals surface area contributed by atoms with E-state index in [1.165, 1.54) is 0 Å². The number of hydrogen-bond donors (Lipinski definition) is 0. The molecule has 0 heterocycles. The molecule has 1 aromatic rings. The van der Waals surface area contributed by atoms with Gasteiger partial charge in [0, 0.05) is 5.02 Å². The van der Waals surface area contributed by atoms with E-state index in [1.54, 1.807) is 25.1 Å². The van der Waals surface area contributed by atoms with E-state index in [2.05, 4.69) is 0 Å². The fourth-order valence-electron chi connectivity index (χ4n) is 0.973. The fourth-order valence-corrected chi connectivity index (χ4v) is 1.20. The van der Waals surface area contributed by atoms with Crippen molar-refractivity contribution in [2.75, 3.05) is 0 Å². The quantitative estimate of drug-likeness (QED) is 0.698. The van der Waals surface area contributed by atoms with Crippen molar-refractivity contribution in [1.82, 2.24) is 0 Å². The van der Waals surface area contributed by atoms with Crippen molar-refractivity contribution < 1.29 is 9.53 Å². The molecule has 0 spiro atoms. The highest BCUT2D eigenvalue weighted by molar-refractivity contribution is 6.30. The van der Waals surface area contributed by atoms with E-state index in [0.717, 1.165) is 11.8 Å². The molecule has 0 fully saturated rings. The van der Waals surface area contributed by atoms with Crippen molar-refractivity contribution in [3.05, 3.63) is 28.8 Å². The number of ether oxygens (including phenoxy) is 1. The molecular formula is C10H11ClO2. The zero-order valence-electron chi connectivity index (χ0n) is 7.58. The van der Waals surface area contributed by atoms with Gasteiger partial charge < -0.3 is 4.74 Å². The molecule has 1 rings (SSSR count). The van der Waals surface area contributed by atoms with E-state index < -0.39 is 6.10 Å². The van der Waals surface area contributed by atoms with E-state index >= 15 is 0 Å². The number of aldehydes is 1. The van der Waals surface area contributed by atoms with Gasteiger partial charge in [-0.25, -0.2) is 0 Å². The average Bonchev–Trinajstić information content (AvgIpc) is 2.09. The molecule has 0 aliphatic heterocycles. The van der Waals surface area contributed by atoms with Crippen LogP contribution in [-0.2, 0) is 4.79 Å². The second-order valence-electron chi connectivity index (χ2n) is 2.87. The van der Waals surface area contributed by atoms with Crippen LogP contribution in [-0.4, -0.2) is 12.4 Å². The molecule has 0 radical (unpaired) electrons. The van der Waals surface area contributed by atoms with Gasteiger partial charge in [0.15, 0.2) is 12.4 Å². The minimum absolute atomic E-state index is 0.417. The summed E-state index contributed by atoms with van der Waals surface area (Å²) in [5.74, 6) is 0.698. The first-order valence-corrected chi connectivity index (χ1v) is 4.39. The third-order valence-electron chi connectivity index (χ3n) is 1.64. The zero-order valence-corrected chi connectivity index (χ0v) is 8.34. The van der Waals surface area contributed by atoms with Crippen molar-refractivity contribution in [3.8, 4) is 5.75 Å². The maximum atomic E-state index is 10.3. The maximum Gasteiger partial charge on any atom is 0.160 e. The molecule has 3 heteroatoms. The molecule has 0 saturated heterocycles. The minimum atomic E-state index is -0.417. The Hall–Kier alpha value is -1.02. The summed E-state index contributed by atoms with van der Waals surface area (Å²) in [4.78, 5) is 10.3. The molecular weight excluding hydrogens is 188 g/mol. The monoisotopic (exact) mass is 198 g/mol. The Morgan fingerprint density at radius 1 is 1.54 bits per heavy atom. The number of halogens is 1. The lowest BCUT2D eigenvalue weighted by molar-refractivity contribution is -0.113. The second-order valence-corrected chi connectivity index (χ2v) is 3.31. The number of carbonyl (C=O) groups is 1. The van der Waals surface area contributed by atoms with Gasteiger partial charge in [0.25, 0.3) is 0 Å². The number of aryl methyl sites for hydroxylation is 1. The molecule has 0 aromatic heterocycles. The highest BCUT2D eigenvalue weighted by atomic mass is 35.5. The molecule has 0 amide bonds. The van der Waals surface area contributed by atoms with Gasteiger partial charge in [0.05, 0.1) is 0 Å². The topological polar surface area (TPSA) is 26.3 Å². The molecule has 1 atom stereocenters.